The van der Waals surface area contributed by atoms with E-state index in [0.717, 1.165) is 6.42 Å². The molecule has 0 saturated heterocycles. The van der Waals surface area contributed by atoms with Gasteiger partial charge in [0.15, 0.2) is 0 Å². The van der Waals surface area contributed by atoms with Crippen molar-refractivity contribution in [1.29, 1.82) is 0 Å². The first-order chi connectivity index (χ1) is 9.24. The van der Waals surface area contributed by atoms with Crippen molar-refractivity contribution in [2.75, 3.05) is 0 Å². The fraction of sp³-hybridized carbons (Fsp3) is 0.263. The van der Waals surface area contributed by atoms with Crippen LogP contribution in [0.25, 0.3) is 17.2 Å². The first kappa shape index (κ1) is 11.0. The Morgan fingerprint density at radius 2 is 1.89 bits per heavy atom. The van der Waals surface area contributed by atoms with Gasteiger partial charge in [-0.2, -0.15) is 0 Å². The summed E-state index contributed by atoms with van der Waals surface area (Å²) in [7, 11) is 0. The zero-order valence-corrected chi connectivity index (χ0v) is 11.6. The molecule has 0 aliphatic heterocycles. The van der Waals surface area contributed by atoms with Crippen molar-refractivity contribution in [3.63, 3.8) is 0 Å². The topological polar surface area (TPSA) is 0 Å². The zero-order chi connectivity index (χ0) is 13.0. The van der Waals surface area contributed by atoms with Crippen molar-refractivity contribution in [3.05, 3.63) is 63.7 Å². The Morgan fingerprint density at radius 3 is 2.79 bits per heavy atom. The molecule has 0 heteroatoms. The molecule has 2 aromatic carbocycles. The van der Waals surface area contributed by atoms with Gasteiger partial charge in [0, 0.05) is 0 Å². The normalized spacial score (nSPS) is 15.1. The van der Waals surface area contributed by atoms with Crippen molar-refractivity contribution < 1.29 is 0 Å². The molecule has 0 aromatic heterocycles. The molecule has 2 aliphatic rings. The van der Waals surface area contributed by atoms with Gasteiger partial charge in [-0.1, -0.05) is 42.0 Å². The highest BCUT2D eigenvalue weighted by Crippen LogP contribution is 2.43. The Bertz CT molecular complexity index is 717. The molecule has 0 unspecified atom stereocenters. The minimum Gasteiger partial charge on any atom is -0.0836 e. The lowest BCUT2D eigenvalue weighted by Gasteiger charge is -2.18. The maximum atomic E-state index is 2.40. The Labute approximate surface area is 114 Å². The van der Waals surface area contributed by atoms with Crippen LogP contribution >= 0.6 is 0 Å². The van der Waals surface area contributed by atoms with Crippen LogP contribution in [0, 0.1) is 13.8 Å². The Balaban J connectivity index is 2.04. The van der Waals surface area contributed by atoms with Crippen LogP contribution in [0.3, 0.4) is 0 Å². The SMILES string of the molecule is Cc1ccc2c(c1)Cc1cc(C)c3c(c1-2)CCC=C3. The van der Waals surface area contributed by atoms with Gasteiger partial charge in [0.1, 0.15) is 0 Å². The van der Waals surface area contributed by atoms with Gasteiger partial charge in [-0.15, -0.1) is 0 Å². The summed E-state index contributed by atoms with van der Waals surface area (Å²) in [4.78, 5) is 0. The van der Waals surface area contributed by atoms with E-state index in [-0.39, 0.29) is 0 Å². The zero-order valence-electron chi connectivity index (χ0n) is 11.6. The van der Waals surface area contributed by atoms with E-state index in [9.17, 15) is 0 Å². The maximum Gasteiger partial charge on any atom is -0.00131 e. The summed E-state index contributed by atoms with van der Waals surface area (Å²) in [6, 6.07) is 9.33. The molecule has 0 bridgehead atoms. The minimum atomic E-state index is 1.12. The van der Waals surface area contributed by atoms with Crippen molar-refractivity contribution in [3.8, 4) is 11.1 Å². The first-order valence-corrected chi connectivity index (χ1v) is 7.16. The van der Waals surface area contributed by atoms with E-state index < -0.39 is 0 Å². The highest BCUT2D eigenvalue weighted by Gasteiger charge is 2.24. The monoisotopic (exact) mass is 246 g/mol. The predicted molar refractivity (Wildman–Crippen MR) is 81.5 cm³/mol. The lowest BCUT2D eigenvalue weighted by atomic mass is 9.86. The van der Waals surface area contributed by atoms with Crippen LogP contribution in [0.4, 0.5) is 0 Å². The summed E-state index contributed by atoms with van der Waals surface area (Å²) in [5.41, 5.74) is 11.9. The minimum absolute atomic E-state index is 1.12. The molecule has 0 radical (unpaired) electrons. The molecular formula is C19H18. The van der Waals surface area contributed by atoms with Gasteiger partial charge in [0.05, 0.1) is 0 Å². The molecule has 0 atom stereocenters. The number of allylic oxidation sites excluding steroid dienone is 1. The summed E-state index contributed by atoms with van der Waals surface area (Å²) in [6.45, 7) is 4.44. The summed E-state index contributed by atoms with van der Waals surface area (Å²) in [5, 5.41) is 0. The van der Waals surface area contributed by atoms with E-state index >= 15 is 0 Å². The average Bonchev–Trinajstić information content (AvgIpc) is 2.76. The Hall–Kier alpha value is -1.82. The average molecular weight is 246 g/mol. The third kappa shape index (κ3) is 1.53. The predicted octanol–water partition coefficient (Wildman–Crippen LogP) is 4.83. The molecular weight excluding hydrogens is 228 g/mol. The molecule has 4 rings (SSSR count). The van der Waals surface area contributed by atoms with Crippen LogP contribution in [0.5, 0.6) is 0 Å². The fourth-order valence-electron chi connectivity index (χ4n) is 3.69. The van der Waals surface area contributed by atoms with E-state index in [1.54, 1.807) is 11.1 Å². The Morgan fingerprint density at radius 1 is 1.00 bits per heavy atom. The molecule has 0 fully saturated rings. The number of fused-ring (bicyclic) bond motifs is 5. The number of aryl methyl sites for hydroxylation is 2. The lowest BCUT2D eigenvalue weighted by molar-refractivity contribution is 0.981. The van der Waals surface area contributed by atoms with Gasteiger partial charge in [-0.3, -0.25) is 0 Å². The highest BCUT2D eigenvalue weighted by molar-refractivity contribution is 5.84. The largest absolute Gasteiger partial charge is 0.0836 e. The molecule has 2 aliphatic carbocycles. The summed E-state index contributed by atoms with van der Waals surface area (Å²) in [5.74, 6) is 0. The molecule has 0 saturated carbocycles. The summed E-state index contributed by atoms with van der Waals surface area (Å²) in [6.07, 6.45) is 8.13. The van der Waals surface area contributed by atoms with Crippen molar-refractivity contribution >= 4 is 6.08 Å². The van der Waals surface area contributed by atoms with Gasteiger partial charge >= 0.3 is 0 Å². The second-order valence-electron chi connectivity index (χ2n) is 5.90. The van der Waals surface area contributed by atoms with Gasteiger partial charge < -0.3 is 0 Å². The number of rotatable bonds is 0. The van der Waals surface area contributed by atoms with Gasteiger partial charge in [0.2, 0.25) is 0 Å². The second-order valence-corrected chi connectivity index (χ2v) is 5.90. The number of hydrogen-bond acceptors (Lipinski definition) is 0. The third-order valence-corrected chi connectivity index (χ3v) is 4.52. The fourth-order valence-corrected chi connectivity index (χ4v) is 3.69. The molecule has 0 heterocycles. The third-order valence-electron chi connectivity index (χ3n) is 4.52. The van der Waals surface area contributed by atoms with Crippen molar-refractivity contribution in [1.82, 2.24) is 0 Å². The highest BCUT2D eigenvalue weighted by atomic mass is 14.3. The van der Waals surface area contributed by atoms with E-state index in [4.69, 9.17) is 0 Å². The molecule has 0 nitrogen and oxygen atoms in total. The van der Waals surface area contributed by atoms with E-state index in [2.05, 4.69) is 50.3 Å². The van der Waals surface area contributed by atoms with Crippen LogP contribution in [-0.4, -0.2) is 0 Å². The van der Waals surface area contributed by atoms with Gasteiger partial charge in [0.25, 0.3) is 0 Å². The second kappa shape index (κ2) is 3.84. The molecule has 0 N–H and O–H groups in total. The smallest absolute Gasteiger partial charge is 0.00131 e. The first-order valence-electron chi connectivity index (χ1n) is 7.16. The van der Waals surface area contributed by atoms with Crippen LogP contribution < -0.4 is 0 Å². The number of hydrogen-bond donors (Lipinski definition) is 0. The Kier molecular flexibility index (Phi) is 2.23. The van der Waals surface area contributed by atoms with Gasteiger partial charge in [-0.25, -0.2) is 0 Å². The number of benzene rings is 2. The van der Waals surface area contributed by atoms with E-state index in [0.29, 0.717) is 0 Å². The van der Waals surface area contributed by atoms with Crippen LogP contribution in [0.1, 0.15) is 39.8 Å². The molecule has 2 aromatic rings. The summed E-state index contributed by atoms with van der Waals surface area (Å²) >= 11 is 0. The van der Waals surface area contributed by atoms with Gasteiger partial charge in [-0.05, 0) is 72.1 Å². The molecule has 19 heavy (non-hydrogen) atoms. The van der Waals surface area contributed by atoms with Crippen molar-refractivity contribution in [2.45, 2.75) is 33.1 Å². The van der Waals surface area contributed by atoms with E-state index in [1.807, 2.05) is 0 Å². The van der Waals surface area contributed by atoms with Crippen molar-refractivity contribution in [2.24, 2.45) is 0 Å². The standard InChI is InChI=1S/C19H18/c1-12-7-8-17-14(9-12)11-15-10-13(2)16-5-3-4-6-18(16)19(15)17/h3,5,7-10H,4,6,11H2,1-2H3. The van der Waals surface area contributed by atoms with Crippen LogP contribution in [0.15, 0.2) is 30.3 Å². The quantitative estimate of drug-likeness (QED) is 0.532. The van der Waals surface area contributed by atoms with Crippen LogP contribution in [-0.2, 0) is 12.8 Å². The maximum absolute atomic E-state index is 2.40. The van der Waals surface area contributed by atoms with Crippen LogP contribution in [0.2, 0.25) is 0 Å². The molecule has 0 spiro atoms. The van der Waals surface area contributed by atoms with E-state index in [1.165, 1.54) is 46.2 Å². The molecule has 0 amide bonds. The molecule has 94 valence electrons. The lowest BCUT2D eigenvalue weighted by Crippen LogP contribution is -2.01. The summed E-state index contributed by atoms with van der Waals surface area (Å²) < 4.78 is 0.